The van der Waals surface area contributed by atoms with Crippen molar-refractivity contribution in [3.05, 3.63) is 85.3 Å². The standard InChI is InChI=1S/C23H20Cl2FNO3S/c1-29-21-5-2-14(10-19(21)26)23(28)30-13-20(17-4-3-16(24)11-18(17)25)27-8-6-22-15(12-27)7-9-31-22/h2-5,7,9-11,20H,6,8,12-13H2,1H3. The van der Waals surface area contributed by atoms with Gasteiger partial charge in [0.2, 0.25) is 0 Å². The zero-order chi connectivity index (χ0) is 22.0. The Hall–Kier alpha value is -2.12. The summed E-state index contributed by atoms with van der Waals surface area (Å²) in [5.41, 5.74) is 2.23. The predicted octanol–water partition coefficient (Wildman–Crippen LogP) is 6.16. The van der Waals surface area contributed by atoms with Crippen LogP contribution in [-0.2, 0) is 17.7 Å². The maximum atomic E-state index is 14.0. The highest BCUT2D eigenvalue weighted by Crippen LogP contribution is 2.35. The highest BCUT2D eigenvalue weighted by atomic mass is 35.5. The second-order valence-electron chi connectivity index (χ2n) is 7.22. The third kappa shape index (κ3) is 4.88. The van der Waals surface area contributed by atoms with Crippen LogP contribution < -0.4 is 4.74 Å². The second kappa shape index (κ2) is 9.57. The SMILES string of the molecule is COc1ccc(C(=O)OCC(c2ccc(Cl)cc2Cl)N2CCc3sccc3C2)cc1F. The predicted molar refractivity (Wildman–Crippen MR) is 121 cm³/mol. The van der Waals surface area contributed by atoms with E-state index in [-0.39, 0.29) is 24.0 Å². The molecule has 2 aromatic carbocycles. The van der Waals surface area contributed by atoms with Gasteiger partial charge in [-0.3, -0.25) is 4.90 Å². The van der Waals surface area contributed by atoms with Gasteiger partial charge in [-0.1, -0.05) is 29.3 Å². The average molecular weight is 480 g/mol. The van der Waals surface area contributed by atoms with Crippen molar-refractivity contribution in [2.45, 2.75) is 19.0 Å². The minimum Gasteiger partial charge on any atom is -0.494 e. The van der Waals surface area contributed by atoms with Gasteiger partial charge in [0.25, 0.3) is 0 Å². The first-order valence-electron chi connectivity index (χ1n) is 9.71. The van der Waals surface area contributed by atoms with E-state index in [0.29, 0.717) is 10.0 Å². The Morgan fingerprint density at radius 2 is 2.06 bits per heavy atom. The summed E-state index contributed by atoms with van der Waals surface area (Å²) >= 11 is 14.3. The normalized spacial score (nSPS) is 14.7. The van der Waals surface area contributed by atoms with Crippen LogP contribution in [0.25, 0.3) is 0 Å². The largest absolute Gasteiger partial charge is 0.494 e. The van der Waals surface area contributed by atoms with Gasteiger partial charge in [-0.25, -0.2) is 9.18 Å². The maximum Gasteiger partial charge on any atom is 0.338 e. The molecule has 0 radical (unpaired) electrons. The minimum absolute atomic E-state index is 0.0715. The number of carbonyl (C=O) groups excluding carboxylic acids is 1. The van der Waals surface area contributed by atoms with Gasteiger partial charge >= 0.3 is 5.97 Å². The lowest BCUT2D eigenvalue weighted by Gasteiger charge is -2.35. The number of hydrogen-bond acceptors (Lipinski definition) is 5. The lowest BCUT2D eigenvalue weighted by atomic mass is 10.0. The molecule has 31 heavy (non-hydrogen) atoms. The summed E-state index contributed by atoms with van der Waals surface area (Å²) in [7, 11) is 1.37. The number of carbonyl (C=O) groups is 1. The monoisotopic (exact) mass is 479 g/mol. The molecule has 0 fully saturated rings. The van der Waals surface area contributed by atoms with E-state index >= 15 is 0 Å². The summed E-state index contributed by atoms with van der Waals surface area (Å²) in [6.07, 6.45) is 0.923. The van der Waals surface area contributed by atoms with Crippen LogP contribution >= 0.6 is 34.5 Å². The van der Waals surface area contributed by atoms with E-state index in [2.05, 4.69) is 16.3 Å². The number of hydrogen-bond donors (Lipinski definition) is 0. The average Bonchev–Trinajstić information content (AvgIpc) is 3.23. The third-order valence-electron chi connectivity index (χ3n) is 5.36. The van der Waals surface area contributed by atoms with Gasteiger partial charge < -0.3 is 9.47 Å². The molecular weight excluding hydrogens is 460 g/mol. The quantitative estimate of drug-likeness (QED) is 0.396. The number of thiophene rings is 1. The fourth-order valence-electron chi connectivity index (χ4n) is 3.73. The Balaban J connectivity index is 1.56. The molecule has 0 aliphatic carbocycles. The minimum atomic E-state index is -0.615. The van der Waals surface area contributed by atoms with Crippen molar-refractivity contribution < 1.29 is 18.7 Å². The molecule has 1 aliphatic rings. The summed E-state index contributed by atoms with van der Waals surface area (Å²) in [6, 6.07) is 11.2. The van der Waals surface area contributed by atoms with Gasteiger partial charge in [0, 0.05) is 28.0 Å². The number of esters is 1. The van der Waals surface area contributed by atoms with Crippen molar-refractivity contribution in [1.29, 1.82) is 0 Å². The van der Waals surface area contributed by atoms with Crippen molar-refractivity contribution in [2.24, 2.45) is 0 Å². The van der Waals surface area contributed by atoms with E-state index in [0.717, 1.165) is 31.1 Å². The first-order valence-corrected chi connectivity index (χ1v) is 11.3. The molecule has 2 heterocycles. The molecule has 0 saturated heterocycles. The molecule has 1 aliphatic heterocycles. The van der Waals surface area contributed by atoms with E-state index in [1.807, 2.05) is 6.07 Å². The summed E-state index contributed by atoms with van der Waals surface area (Å²) in [6.45, 7) is 1.62. The Morgan fingerprint density at radius 3 is 2.81 bits per heavy atom. The van der Waals surface area contributed by atoms with E-state index in [4.69, 9.17) is 32.7 Å². The number of ether oxygens (including phenoxy) is 2. The first kappa shape index (κ1) is 22.1. The number of fused-ring (bicyclic) bond motifs is 1. The molecule has 0 N–H and O–H groups in total. The molecule has 4 nitrogen and oxygen atoms in total. The lowest BCUT2D eigenvalue weighted by Crippen LogP contribution is -2.36. The van der Waals surface area contributed by atoms with Crippen LogP contribution in [0.3, 0.4) is 0 Å². The van der Waals surface area contributed by atoms with Crippen LogP contribution in [0.5, 0.6) is 5.75 Å². The van der Waals surface area contributed by atoms with Crippen molar-refractivity contribution in [3.8, 4) is 5.75 Å². The van der Waals surface area contributed by atoms with E-state index in [1.165, 1.54) is 29.7 Å². The molecule has 162 valence electrons. The van der Waals surface area contributed by atoms with Crippen molar-refractivity contribution >= 4 is 40.5 Å². The molecule has 0 bridgehead atoms. The van der Waals surface area contributed by atoms with Gasteiger partial charge in [-0.05, 0) is 59.3 Å². The molecule has 0 spiro atoms. The second-order valence-corrected chi connectivity index (χ2v) is 9.06. The summed E-state index contributed by atoms with van der Waals surface area (Å²) in [4.78, 5) is 16.2. The van der Waals surface area contributed by atoms with Crippen LogP contribution in [-0.4, -0.2) is 31.1 Å². The number of nitrogens with zero attached hydrogens (tertiary/aromatic N) is 1. The van der Waals surface area contributed by atoms with Gasteiger partial charge in [0.15, 0.2) is 11.6 Å². The zero-order valence-electron chi connectivity index (χ0n) is 16.7. The maximum absolute atomic E-state index is 14.0. The van der Waals surface area contributed by atoms with E-state index < -0.39 is 11.8 Å². The molecule has 0 amide bonds. The van der Waals surface area contributed by atoms with Gasteiger partial charge in [-0.2, -0.15) is 0 Å². The van der Waals surface area contributed by atoms with Gasteiger partial charge in [0.05, 0.1) is 18.7 Å². The Kier molecular flexibility index (Phi) is 6.82. The molecule has 3 aromatic rings. The molecule has 1 atom stereocenters. The number of halogens is 3. The van der Waals surface area contributed by atoms with Crippen LogP contribution in [0.1, 0.15) is 32.4 Å². The summed E-state index contributed by atoms with van der Waals surface area (Å²) in [5.74, 6) is -1.15. The Morgan fingerprint density at radius 1 is 1.23 bits per heavy atom. The van der Waals surface area contributed by atoms with Crippen LogP contribution in [0.4, 0.5) is 4.39 Å². The highest BCUT2D eigenvalue weighted by molar-refractivity contribution is 7.10. The van der Waals surface area contributed by atoms with Crippen LogP contribution in [0.2, 0.25) is 10.0 Å². The number of rotatable bonds is 6. The molecular formula is C23H20Cl2FNO3S. The fraction of sp³-hybridized carbons (Fsp3) is 0.261. The summed E-state index contributed by atoms with van der Waals surface area (Å²) < 4.78 is 24.5. The topological polar surface area (TPSA) is 38.8 Å². The van der Waals surface area contributed by atoms with Gasteiger partial charge in [0.1, 0.15) is 6.61 Å². The van der Waals surface area contributed by atoms with Gasteiger partial charge in [-0.15, -0.1) is 11.3 Å². The van der Waals surface area contributed by atoms with Crippen molar-refractivity contribution in [1.82, 2.24) is 4.90 Å². The molecule has 1 unspecified atom stereocenters. The summed E-state index contributed by atoms with van der Waals surface area (Å²) in [5, 5.41) is 3.15. The van der Waals surface area contributed by atoms with E-state index in [1.54, 1.807) is 23.5 Å². The first-order chi connectivity index (χ1) is 15.0. The van der Waals surface area contributed by atoms with Crippen molar-refractivity contribution in [3.63, 3.8) is 0 Å². The smallest absolute Gasteiger partial charge is 0.338 e. The fourth-order valence-corrected chi connectivity index (χ4v) is 5.16. The third-order valence-corrected chi connectivity index (χ3v) is 6.94. The molecule has 0 saturated carbocycles. The van der Waals surface area contributed by atoms with Crippen LogP contribution in [0.15, 0.2) is 47.8 Å². The molecule has 8 heteroatoms. The zero-order valence-corrected chi connectivity index (χ0v) is 19.1. The molecule has 4 rings (SSSR count). The Bertz CT molecular complexity index is 1100. The number of benzene rings is 2. The highest BCUT2D eigenvalue weighted by Gasteiger charge is 2.28. The van der Waals surface area contributed by atoms with Crippen LogP contribution in [0, 0.1) is 5.82 Å². The Labute approximate surface area is 194 Å². The molecule has 1 aromatic heterocycles. The number of methoxy groups -OCH3 is 1. The lowest BCUT2D eigenvalue weighted by molar-refractivity contribution is 0.0325. The van der Waals surface area contributed by atoms with Crippen molar-refractivity contribution in [2.75, 3.05) is 20.3 Å². The van der Waals surface area contributed by atoms with E-state index in [9.17, 15) is 9.18 Å².